The van der Waals surface area contributed by atoms with E-state index in [4.69, 9.17) is 0 Å². The number of H-pyrrole nitrogens is 2. The maximum absolute atomic E-state index is 12.1. The predicted octanol–water partition coefficient (Wildman–Crippen LogP) is 2.09. The van der Waals surface area contributed by atoms with E-state index < -0.39 is 0 Å². The van der Waals surface area contributed by atoms with Gasteiger partial charge in [0.25, 0.3) is 5.91 Å². The van der Waals surface area contributed by atoms with Crippen molar-refractivity contribution in [2.24, 2.45) is 0 Å². The van der Waals surface area contributed by atoms with Crippen LogP contribution in [-0.2, 0) is 6.54 Å². The molecule has 1 amide bonds. The number of imidazole rings is 1. The van der Waals surface area contributed by atoms with Gasteiger partial charge in [0, 0.05) is 12.1 Å². The van der Waals surface area contributed by atoms with Crippen molar-refractivity contribution in [2.45, 2.75) is 13.5 Å². The highest BCUT2D eigenvalue weighted by atomic mass is 16.2. The summed E-state index contributed by atoms with van der Waals surface area (Å²) >= 11 is 0. The number of fused-ring (bicyclic) bond motifs is 1. The van der Waals surface area contributed by atoms with Gasteiger partial charge in [0.05, 0.1) is 11.0 Å². The van der Waals surface area contributed by atoms with Gasteiger partial charge in [0.2, 0.25) is 0 Å². The minimum absolute atomic E-state index is 0.167. The Hall–Kier alpha value is -2.82. The molecule has 0 atom stereocenters. The van der Waals surface area contributed by atoms with E-state index in [1.807, 2.05) is 31.2 Å². The minimum atomic E-state index is -0.276. The van der Waals surface area contributed by atoms with E-state index in [9.17, 15) is 9.59 Å². The summed E-state index contributed by atoms with van der Waals surface area (Å²) in [4.78, 5) is 28.6. The minimum Gasteiger partial charge on any atom is -0.348 e. The molecule has 106 valence electrons. The van der Waals surface area contributed by atoms with Crippen LogP contribution in [0.2, 0.25) is 0 Å². The van der Waals surface area contributed by atoms with Gasteiger partial charge >= 0.3 is 5.69 Å². The van der Waals surface area contributed by atoms with Gasteiger partial charge in [-0.05, 0) is 30.7 Å². The third-order valence-electron chi connectivity index (χ3n) is 3.35. The molecule has 1 aromatic heterocycles. The number of amides is 1. The molecule has 5 nitrogen and oxygen atoms in total. The second-order valence-corrected chi connectivity index (χ2v) is 5.01. The van der Waals surface area contributed by atoms with Gasteiger partial charge in [0.15, 0.2) is 0 Å². The zero-order valence-corrected chi connectivity index (χ0v) is 11.6. The fraction of sp³-hybridized carbons (Fsp3) is 0.125. The van der Waals surface area contributed by atoms with Crippen LogP contribution >= 0.6 is 0 Å². The normalized spacial score (nSPS) is 10.7. The molecule has 3 N–H and O–H groups in total. The lowest BCUT2D eigenvalue weighted by Crippen LogP contribution is -2.22. The maximum atomic E-state index is 12.1. The predicted molar refractivity (Wildman–Crippen MR) is 81.3 cm³/mol. The third-order valence-corrected chi connectivity index (χ3v) is 3.35. The van der Waals surface area contributed by atoms with Crippen molar-refractivity contribution in [1.82, 2.24) is 15.3 Å². The molecule has 0 fully saturated rings. The van der Waals surface area contributed by atoms with Gasteiger partial charge in [-0.2, -0.15) is 0 Å². The fourth-order valence-corrected chi connectivity index (χ4v) is 2.16. The Bertz CT molecular complexity index is 844. The number of rotatable bonds is 3. The van der Waals surface area contributed by atoms with E-state index in [1.54, 1.807) is 18.2 Å². The summed E-state index contributed by atoms with van der Waals surface area (Å²) in [5, 5.41) is 2.87. The second-order valence-electron chi connectivity index (χ2n) is 5.01. The standard InChI is InChI=1S/C16H15N3O2/c1-10-2-4-11(5-3-10)9-17-15(20)12-6-7-13-14(8-12)19-16(21)18-13/h2-8H,9H2,1H3,(H,17,20)(H2,18,19,21). The van der Waals surface area contributed by atoms with Crippen molar-refractivity contribution in [2.75, 3.05) is 0 Å². The number of aryl methyl sites for hydroxylation is 1. The Kier molecular flexibility index (Phi) is 3.31. The van der Waals surface area contributed by atoms with Crippen LogP contribution in [0, 0.1) is 6.92 Å². The van der Waals surface area contributed by atoms with Crippen LogP contribution in [0.1, 0.15) is 21.5 Å². The topological polar surface area (TPSA) is 77.8 Å². The second kappa shape index (κ2) is 5.28. The van der Waals surface area contributed by atoms with Gasteiger partial charge in [-0.25, -0.2) is 4.79 Å². The van der Waals surface area contributed by atoms with Gasteiger partial charge < -0.3 is 15.3 Å². The van der Waals surface area contributed by atoms with Crippen LogP contribution < -0.4 is 11.0 Å². The number of benzene rings is 2. The number of carbonyl (C=O) groups is 1. The van der Waals surface area contributed by atoms with Gasteiger partial charge in [0.1, 0.15) is 0 Å². The summed E-state index contributed by atoms with van der Waals surface area (Å²) in [6.45, 7) is 2.50. The van der Waals surface area contributed by atoms with Crippen LogP contribution in [0.15, 0.2) is 47.3 Å². The highest BCUT2D eigenvalue weighted by Crippen LogP contribution is 2.10. The van der Waals surface area contributed by atoms with Crippen molar-refractivity contribution in [3.8, 4) is 0 Å². The lowest BCUT2D eigenvalue weighted by Gasteiger charge is -2.06. The monoisotopic (exact) mass is 281 g/mol. The molecular formula is C16H15N3O2. The van der Waals surface area contributed by atoms with E-state index >= 15 is 0 Å². The van der Waals surface area contributed by atoms with E-state index in [0.29, 0.717) is 23.1 Å². The Morgan fingerprint density at radius 3 is 2.52 bits per heavy atom. The fourth-order valence-electron chi connectivity index (χ4n) is 2.16. The molecule has 5 heteroatoms. The van der Waals surface area contributed by atoms with Gasteiger partial charge in [-0.1, -0.05) is 29.8 Å². The molecule has 2 aromatic carbocycles. The SMILES string of the molecule is Cc1ccc(CNC(=O)c2ccc3[nH]c(=O)[nH]c3c2)cc1. The lowest BCUT2D eigenvalue weighted by molar-refractivity contribution is 0.0951. The Labute approximate surface area is 121 Å². The zero-order valence-electron chi connectivity index (χ0n) is 11.6. The first-order valence-corrected chi connectivity index (χ1v) is 6.67. The third kappa shape index (κ3) is 2.86. The molecule has 0 saturated carbocycles. The summed E-state index contributed by atoms with van der Waals surface area (Å²) in [5.41, 5.74) is 3.79. The molecule has 0 radical (unpaired) electrons. The molecule has 0 aliphatic carbocycles. The highest BCUT2D eigenvalue weighted by Gasteiger charge is 2.07. The largest absolute Gasteiger partial charge is 0.348 e. The molecule has 0 bridgehead atoms. The number of carbonyl (C=O) groups excluding carboxylic acids is 1. The summed E-state index contributed by atoms with van der Waals surface area (Å²) in [6.07, 6.45) is 0. The number of nitrogens with one attached hydrogen (secondary N) is 3. The number of aromatic nitrogens is 2. The highest BCUT2D eigenvalue weighted by molar-refractivity contribution is 5.97. The number of aromatic amines is 2. The molecule has 0 aliphatic heterocycles. The van der Waals surface area contributed by atoms with E-state index in [-0.39, 0.29) is 11.6 Å². The van der Waals surface area contributed by atoms with Crippen LogP contribution in [0.25, 0.3) is 11.0 Å². The van der Waals surface area contributed by atoms with Crippen molar-refractivity contribution in [1.29, 1.82) is 0 Å². The van der Waals surface area contributed by atoms with Gasteiger partial charge in [-0.15, -0.1) is 0 Å². The number of hydrogen-bond donors (Lipinski definition) is 3. The summed E-state index contributed by atoms with van der Waals surface area (Å²) in [6, 6.07) is 13.1. The Morgan fingerprint density at radius 2 is 1.76 bits per heavy atom. The quantitative estimate of drug-likeness (QED) is 0.687. The van der Waals surface area contributed by atoms with E-state index in [1.165, 1.54) is 5.56 Å². The smallest absolute Gasteiger partial charge is 0.323 e. The summed E-state index contributed by atoms with van der Waals surface area (Å²) in [7, 11) is 0. The van der Waals surface area contributed by atoms with E-state index in [0.717, 1.165) is 5.56 Å². The van der Waals surface area contributed by atoms with Crippen LogP contribution in [0.3, 0.4) is 0 Å². The van der Waals surface area contributed by atoms with Crippen LogP contribution in [-0.4, -0.2) is 15.9 Å². The average Bonchev–Trinajstić information content (AvgIpc) is 2.85. The van der Waals surface area contributed by atoms with Crippen molar-refractivity contribution in [3.05, 3.63) is 69.6 Å². The Balaban J connectivity index is 1.74. The molecule has 1 heterocycles. The van der Waals surface area contributed by atoms with Crippen LogP contribution in [0.4, 0.5) is 0 Å². The molecule has 3 rings (SSSR count). The van der Waals surface area contributed by atoms with Crippen molar-refractivity contribution < 1.29 is 4.79 Å². The molecule has 0 unspecified atom stereocenters. The van der Waals surface area contributed by atoms with Crippen molar-refractivity contribution in [3.63, 3.8) is 0 Å². The van der Waals surface area contributed by atoms with E-state index in [2.05, 4.69) is 15.3 Å². The first-order chi connectivity index (χ1) is 10.1. The maximum Gasteiger partial charge on any atom is 0.323 e. The summed E-state index contributed by atoms with van der Waals surface area (Å²) in [5.74, 6) is -0.167. The Morgan fingerprint density at radius 1 is 1.05 bits per heavy atom. The summed E-state index contributed by atoms with van der Waals surface area (Å²) < 4.78 is 0. The van der Waals surface area contributed by atoms with Crippen LogP contribution in [0.5, 0.6) is 0 Å². The van der Waals surface area contributed by atoms with Crippen molar-refractivity contribution >= 4 is 16.9 Å². The molecule has 0 saturated heterocycles. The molecule has 3 aromatic rings. The molecular weight excluding hydrogens is 266 g/mol. The lowest BCUT2D eigenvalue weighted by atomic mass is 10.1. The molecule has 0 spiro atoms. The first kappa shape index (κ1) is 13.2. The average molecular weight is 281 g/mol. The first-order valence-electron chi connectivity index (χ1n) is 6.67. The van der Waals surface area contributed by atoms with Gasteiger partial charge in [-0.3, -0.25) is 4.79 Å². The molecule has 21 heavy (non-hydrogen) atoms. The zero-order chi connectivity index (χ0) is 14.8. The molecule has 0 aliphatic rings. The number of hydrogen-bond acceptors (Lipinski definition) is 2.